The molecule has 0 saturated carbocycles. The lowest BCUT2D eigenvalue weighted by atomic mass is 9.93. The number of nitrogen functional groups attached to an aromatic ring is 1. The van der Waals surface area contributed by atoms with Crippen molar-refractivity contribution < 1.29 is 9.53 Å². The van der Waals surface area contributed by atoms with Crippen LogP contribution in [0.5, 0.6) is 5.75 Å². The van der Waals surface area contributed by atoms with E-state index in [1.54, 1.807) is 23.9 Å². The van der Waals surface area contributed by atoms with Gasteiger partial charge in [0.15, 0.2) is 5.82 Å². The number of carbonyl (C=O) groups excluding carboxylic acids is 1. The summed E-state index contributed by atoms with van der Waals surface area (Å²) in [5.41, 5.74) is 11.7. The van der Waals surface area contributed by atoms with Gasteiger partial charge in [0.05, 0.1) is 7.11 Å². The fourth-order valence-corrected chi connectivity index (χ4v) is 5.27. The van der Waals surface area contributed by atoms with Gasteiger partial charge in [-0.25, -0.2) is 9.97 Å². The second kappa shape index (κ2) is 11.8. The summed E-state index contributed by atoms with van der Waals surface area (Å²) in [6.07, 6.45) is 4.63. The van der Waals surface area contributed by atoms with Crippen molar-refractivity contribution in [2.24, 2.45) is 0 Å². The highest BCUT2D eigenvalue weighted by molar-refractivity contribution is 5.81. The monoisotopic (exact) mass is 553 g/mol. The van der Waals surface area contributed by atoms with Crippen LogP contribution in [0.1, 0.15) is 57.7 Å². The minimum absolute atomic E-state index is 0.190. The smallest absolute Gasteiger partial charge is 0.294 e. The van der Waals surface area contributed by atoms with Crippen LogP contribution in [-0.4, -0.2) is 39.1 Å². The highest BCUT2D eigenvalue weighted by Crippen LogP contribution is 2.32. The molecular weight excluding hydrogens is 518 g/mol. The van der Waals surface area contributed by atoms with Gasteiger partial charge in [0.1, 0.15) is 17.6 Å². The number of aromatic nitrogens is 4. The molecule has 41 heavy (non-hydrogen) atoms. The van der Waals surface area contributed by atoms with Gasteiger partial charge < -0.3 is 21.1 Å². The number of carbonyl (C=O) groups is 1. The molecule has 0 saturated heterocycles. The topological polar surface area (TPSA) is 137 Å². The van der Waals surface area contributed by atoms with Gasteiger partial charge in [-0.3, -0.25) is 19.1 Å². The van der Waals surface area contributed by atoms with E-state index in [9.17, 15) is 9.59 Å². The number of rotatable bonds is 9. The fraction of sp³-hybridized carbons (Fsp3) is 0.323. The van der Waals surface area contributed by atoms with Crippen LogP contribution >= 0.6 is 0 Å². The van der Waals surface area contributed by atoms with Gasteiger partial charge in [0, 0.05) is 54.0 Å². The molecule has 4 heterocycles. The molecule has 1 amide bonds. The summed E-state index contributed by atoms with van der Waals surface area (Å²) in [5.74, 6) is 0.950. The van der Waals surface area contributed by atoms with Gasteiger partial charge in [-0.1, -0.05) is 24.3 Å². The van der Waals surface area contributed by atoms with Crippen molar-refractivity contribution in [2.75, 3.05) is 24.7 Å². The lowest BCUT2D eigenvalue weighted by Gasteiger charge is -2.21. The molecule has 212 valence electrons. The van der Waals surface area contributed by atoms with Crippen molar-refractivity contribution >= 4 is 17.5 Å². The lowest BCUT2D eigenvalue weighted by molar-refractivity contribution is -0.124. The molecule has 5 rings (SSSR count). The van der Waals surface area contributed by atoms with Crippen LogP contribution in [0.4, 0.5) is 11.6 Å². The maximum absolute atomic E-state index is 13.6. The number of nitrogens with zero attached hydrogens (tertiary/aromatic N) is 4. The quantitative estimate of drug-likeness (QED) is 0.286. The predicted molar refractivity (Wildman–Crippen MR) is 158 cm³/mol. The molecule has 1 aliphatic rings. The van der Waals surface area contributed by atoms with Crippen molar-refractivity contribution in [3.8, 4) is 5.75 Å². The molecule has 2 atom stereocenters. The summed E-state index contributed by atoms with van der Waals surface area (Å²) >= 11 is 0. The largest absolute Gasteiger partial charge is 0.496 e. The highest BCUT2D eigenvalue weighted by Gasteiger charge is 2.31. The first kappa shape index (κ1) is 27.8. The molecular formula is C31H35N7O3. The summed E-state index contributed by atoms with van der Waals surface area (Å²) in [4.78, 5) is 40.2. The van der Waals surface area contributed by atoms with E-state index in [0.717, 1.165) is 45.1 Å². The molecule has 0 unspecified atom stereocenters. The average Bonchev–Trinajstić information content (AvgIpc) is 3.40. The summed E-state index contributed by atoms with van der Waals surface area (Å²) in [7, 11) is 1.65. The Morgan fingerprint density at radius 1 is 1.10 bits per heavy atom. The summed E-state index contributed by atoms with van der Waals surface area (Å²) in [5, 5.41) is 6.22. The highest BCUT2D eigenvalue weighted by atomic mass is 16.5. The second-order valence-electron chi connectivity index (χ2n) is 10.5. The zero-order chi connectivity index (χ0) is 29.1. The molecule has 0 spiro atoms. The van der Waals surface area contributed by atoms with Crippen LogP contribution in [0, 0.1) is 20.8 Å². The van der Waals surface area contributed by atoms with Gasteiger partial charge in [-0.05, 0) is 68.5 Å². The Kier molecular flexibility index (Phi) is 8.00. The van der Waals surface area contributed by atoms with Gasteiger partial charge >= 0.3 is 0 Å². The molecule has 4 N–H and O–H groups in total. The van der Waals surface area contributed by atoms with E-state index in [2.05, 4.69) is 25.6 Å². The number of nitrogens with two attached hydrogens (primary N) is 1. The van der Waals surface area contributed by atoms with Gasteiger partial charge in [-0.2, -0.15) is 0 Å². The Morgan fingerprint density at radius 3 is 2.63 bits per heavy atom. The molecule has 0 fully saturated rings. The van der Waals surface area contributed by atoms with E-state index in [0.29, 0.717) is 31.7 Å². The first-order chi connectivity index (χ1) is 19.7. The Labute approximate surface area is 239 Å². The van der Waals surface area contributed by atoms with Crippen molar-refractivity contribution in [1.82, 2.24) is 24.8 Å². The number of anilines is 2. The van der Waals surface area contributed by atoms with Crippen LogP contribution < -0.4 is 26.7 Å². The first-order valence-electron chi connectivity index (χ1n) is 13.7. The Balaban J connectivity index is 1.38. The van der Waals surface area contributed by atoms with Gasteiger partial charge in [-0.15, -0.1) is 0 Å². The molecule has 0 radical (unpaired) electrons. The third kappa shape index (κ3) is 5.91. The zero-order valence-electron chi connectivity index (χ0n) is 23.8. The van der Waals surface area contributed by atoms with E-state index >= 15 is 0 Å². The van der Waals surface area contributed by atoms with Crippen molar-refractivity contribution in [3.05, 3.63) is 105 Å². The first-order valence-corrected chi connectivity index (χ1v) is 13.7. The Morgan fingerprint density at radius 2 is 1.90 bits per heavy atom. The van der Waals surface area contributed by atoms with E-state index in [1.165, 1.54) is 0 Å². The van der Waals surface area contributed by atoms with Crippen LogP contribution in [-0.2, 0) is 17.8 Å². The number of pyridine rings is 2. The van der Waals surface area contributed by atoms with Crippen LogP contribution in [0.2, 0.25) is 0 Å². The normalized spacial score (nSPS) is 14.8. The predicted octanol–water partition coefficient (Wildman–Crippen LogP) is 3.60. The van der Waals surface area contributed by atoms with E-state index in [1.807, 2.05) is 63.4 Å². The number of aryl methyl sites for hydroxylation is 4. The molecule has 10 heteroatoms. The number of nitrogens with one attached hydrogen (secondary N) is 2. The van der Waals surface area contributed by atoms with Crippen LogP contribution in [0.3, 0.4) is 0 Å². The van der Waals surface area contributed by atoms with E-state index < -0.39 is 6.04 Å². The lowest BCUT2D eigenvalue weighted by Crippen LogP contribution is -2.36. The molecule has 10 nitrogen and oxygen atoms in total. The van der Waals surface area contributed by atoms with Crippen molar-refractivity contribution in [3.63, 3.8) is 0 Å². The molecule has 0 bridgehead atoms. The SMILES string of the molecule is COc1cc(C)ccc1[C@@H](CNc1ncc2n(c1=O)[C@H](C(=O)NCc1ccc(N)nc1C)CC2)c1ccc(C)cn1. The van der Waals surface area contributed by atoms with E-state index in [4.69, 9.17) is 10.5 Å². The van der Waals surface area contributed by atoms with Gasteiger partial charge in [0.25, 0.3) is 5.56 Å². The Bertz CT molecular complexity index is 1630. The number of hydrogen-bond acceptors (Lipinski definition) is 8. The zero-order valence-corrected chi connectivity index (χ0v) is 23.8. The summed E-state index contributed by atoms with van der Waals surface area (Å²) in [6.45, 7) is 6.52. The number of fused-ring (bicyclic) bond motifs is 1. The van der Waals surface area contributed by atoms with Gasteiger partial charge in [0.2, 0.25) is 5.91 Å². The number of amides is 1. The summed E-state index contributed by atoms with van der Waals surface area (Å²) < 4.78 is 7.27. The number of ether oxygens (including phenoxy) is 1. The summed E-state index contributed by atoms with van der Waals surface area (Å²) in [6, 6.07) is 13.0. The van der Waals surface area contributed by atoms with Crippen molar-refractivity contribution in [2.45, 2.75) is 52.1 Å². The minimum Gasteiger partial charge on any atom is -0.496 e. The van der Waals surface area contributed by atoms with Crippen LogP contribution in [0.15, 0.2) is 59.7 Å². The maximum Gasteiger partial charge on any atom is 0.294 e. The standard InChI is InChI=1S/C31H35N7O3/c1-18-5-9-23(27(13-18)41-4)24(25-10-6-19(2)14-33-25)17-35-29-31(40)38-22(16-34-29)8-11-26(38)30(39)36-15-21-7-12-28(32)37-20(21)3/h5-7,9-10,12-14,16,24,26H,8,11,15,17H2,1-4H3,(H2,32,37)(H,34,35)(H,36,39)/t24-,26+/m1/s1. The Hall–Kier alpha value is -4.73. The maximum atomic E-state index is 13.6. The molecule has 1 aromatic carbocycles. The number of methoxy groups -OCH3 is 1. The number of hydrogen-bond donors (Lipinski definition) is 3. The third-order valence-electron chi connectivity index (χ3n) is 7.56. The minimum atomic E-state index is -0.616. The third-order valence-corrected chi connectivity index (χ3v) is 7.56. The van der Waals surface area contributed by atoms with E-state index in [-0.39, 0.29) is 23.2 Å². The van der Waals surface area contributed by atoms with Crippen LogP contribution in [0.25, 0.3) is 0 Å². The van der Waals surface area contributed by atoms with Crippen molar-refractivity contribution in [1.29, 1.82) is 0 Å². The molecule has 3 aromatic heterocycles. The molecule has 4 aromatic rings. The number of benzene rings is 1. The average molecular weight is 554 g/mol. The fourth-order valence-electron chi connectivity index (χ4n) is 5.27. The molecule has 0 aliphatic carbocycles. The molecule has 1 aliphatic heterocycles. The second-order valence-corrected chi connectivity index (χ2v) is 10.5.